The van der Waals surface area contributed by atoms with E-state index in [9.17, 15) is 0 Å². The molecule has 0 radical (unpaired) electrons. The Balaban J connectivity index is 2.84. The van der Waals surface area contributed by atoms with Crippen LogP contribution < -0.4 is 5.32 Å². The van der Waals surface area contributed by atoms with Crippen molar-refractivity contribution in [2.45, 2.75) is 25.8 Å². The van der Waals surface area contributed by atoms with Gasteiger partial charge in [0, 0.05) is 10.7 Å². The predicted molar refractivity (Wildman–Crippen MR) is 58.6 cm³/mol. The molecular weight excluding hydrogens is 228 g/mol. The molecule has 1 unspecified atom stereocenters. The molecule has 1 N–H and O–H groups in total. The largest absolute Gasteiger partial charge is 0.312 e. The van der Waals surface area contributed by atoms with E-state index in [4.69, 9.17) is 0 Å². The first-order chi connectivity index (χ1) is 6.29. The topological polar surface area (TPSA) is 24.9 Å². The number of hydrogen-bond donors (Lipinski definition) is 1. The summed E-state index contributed by atoms with van der Waals surface area (Å²) in [6, 6.07) is 4.33. The Bertz CT molecular complexity index is 263. The van der Waals surface area contributed by atoms with Crippen molar-refractivity contribution in [2.24, 2.45) is 0 Å². The van der Waals surface area contributed by atoms with Gasteiger partial charge >= 0.3 is 0 Å². The third-order valence-electron chi connectivity index (χ3n) is 2.04. The van der Waals surface area contributed by atoms with Crippen LogP contribution in [0.25, 0.3) is 0 Å². The van der Waals surface area contributed by atoms with E-state index in [1.807, 2.05) is 25.4 Å². The maximum absolute atomic E-state index is 4.36. The van der Waals surface area contributed by atoms with Gasteiger partial charge in [-0.2, -0.15) is 0 Å². The number of nitrogens with zero attached hydrogens (tertiary/aromatic N) is 1. The highest BCUT2D eigenvalue weighted by Gasteiger charge is 2.11. The molecule has 0 aliphatic heterocycles. The Kier molecular flexibility index (Phi) is 4.39. The minimum Gasteiger partial charge on any atom is -0.312 e. The van der Waals surface area contributed by atoms with Crippen LogP contribution in [-0.2, 0) is 0 Å². The van der Waals surface area contributed by atoms with Crippen LogP contribution in [0.3, 0.4) is 0 Å². The zero-order valence-electron chi connectivity index (χ0n) is 8.05. The normalized spacial score (nSPS) is 12.8. The molecule has 0 saturated heterocycles. The first-order valence-corrected chi connectivity index (χ1v) is 5.36. The van der Waals surface area contributed by atoms with E-state index in [1.165, 1.54) is 0 Å². The average molecular weight is 243 g/mol. The molecule has 0 amide bonds. The second-order valence-corrected chi connectivity index (χ2v) is 3.85. The molecule has 1 atom stereocenters. The van der Waals surface area contributed by atoms with Gasteiger partial charge in [-0.25, -0.2) is 0 Å². The Morgan fingerprint density at radius 2 is 2.38 bits per heavy atom. The Morgan fingerprint density at radius 1 is 1.62 bits per heavy atom. The standard InChI is InChI=1S/C10H15BrN2/c1-3-5-9(12-2)10-8(11)6-4-7-13-10/h4,6-7,9,12H,3,5H2,1-2H3. The molecule has 3 heteroatoms. The smallest absolute Gasteiger partial charge is 0.0714 e. The summed E-state index contributed by atoms with van der Waals surface area (Å²) >= 11 is 3.51. The lowest BCUT2D eigenvalue weighted by Gasteiger charge is -2.15. The molecule has 1 rings (SSSR count). The molecule has 0 aromatic carbocycles. The first kappa shape index (κ1) is 10.7. The highest BCUT2D eigenvalue weighted by Crippen LogP contribution is 2.23. The summed E-state index contributed by atoms with van der Waals surface area (Å²) in [7, 11) is 1.97. The molecule has 0 aliphatic rings. The summed E-state index contributed by atoms with van der Waals surface area (Å²) in [6.07, 6.45) is 4.11. The van der Waals surface area contributed by atoms with Crippen LogP contribution >= 0.6 is 15.9 Å². The molecule has 13 heavy (non-hydrogen) atoms. The van der Waals surface area contributed by atoms with Crippen molar-refractivity contribution < 1.29 is 0 Å². The fraction of sp³-hybridized carbons (Fsp3) is 0.500. The van der Waals surface area contributed by atoms with Gasteiger partial charge in [0.15, 0.2) is 0 Å². The van der Waals surface area contributed by atoms with Crippen LogP contribution in [0, 0.1) is 0 Å². The molecular formula is C10H15BrN2. The molecule has 0 bridgehead atoms. The number of aromatic nitrogens is 1. The first-order valence-electron chi connectivity index (χ1n) is 4.57. The molecule has 72 valence electrons. The summed E-state index contributed by atoms with van der Waals surface area (Å²) in [5.74, 6) is 0. The molecule has 0 aliphatic carbocycles. The Hall–Kier alpha value is -0.410. The van der Waals surface area contributed by atoms with Gasteiger partial charge in [0.2, 0.25) is 0 Å². The van der Waals surface area contributed by atoms with Gasteiger partial charge in [-0.05, 0) is 41.5 Å². The molecule has 1 heterocycles. The van der Waals surface area contributed by atoms with Crippen molar-refractivity contribution in [3.8, 4) is 0 Å². The zero-order valence-corrected chi connectivity index (χ0v) is 9.63. The van der Waals surface area contributed by atoms with Gasteiger partial charge in [-0.3, -0.25) is 4.98 Å². The van der Waals surface area contributed by atoms with Crippen molar-refractivity contribution in [3.05, 3.63) is 28.5 Å². The lowest BCUT2D eigenvalue weighted by molar-refractivity contribution is 0.526. The molecule has 0 saturated carbocycles. The SMILES string of the molecule is CCCC(NC)c1ncccc1Br. The minimum absolute atomic E-state index is 0.362. The summed E-state index contributed by atoms with van der Waals surface area (Å²) in [6.45, 7) is 2.18. The predicted octanol–water partition coefficient (Wildman–Crippen LogP) is 2.90. The molecule has 1 aromatic heterocycles. The van der Waals surface area contributed by atoms with Crippen molar-refractivity contribution >= 4 is 15.9 Å². The quantitative estimate of drug-likeness (QED) is 0.879. The third kappa shape index (κ3) is 2.78. The molecule has 1 aromatic rings. The van der Waals surface area contributed by atoms with Crippen LogP contribution in [0.4, 0.5) is 0 Å². The number of nitrogens with one attached hydrogen (secondary N) is 1. The lowest BCUT2D eigenvalue weighted by Crippen LogP contribution is -2.17. The van der Waals surface area contributed by atoms with Crippen molar-refractivity contribution in [2.75, 3.05) is 7.05 Å². The van der Waals surface area contributed by atoms with E-state index in [0.29, 0.717) is 6.04 Å². The van der Waals surface area contributed by atoms with E-state index >= 15 is 0 Å². The fourth-order valence-electron chi connectivity index (χ4n) is 1.36. The second kappa shape index (κ2) is 5.35. The lowest BCUT2D eigenvalue weighted by atomic mass is 10.1. The van der Waals surface area contributed by atoms with Crippen molar-refractivity contribution in [3.63, 3.8) is 0 Å². The summed E-state index contributed by atoms with van der Waals surface area (Å²) in [5, 5.41) is 3.27. The molecule has 0 fully saturated rings. The fourth-order valence-corrected chi connectivity index (χ4v) is 1.89. The summed E-state index contributed by atoms with van der Waals surface area (Å²) in [4.78, 5) is 4.36. The van der Waals surface area contributed by atoms with Crippen LogP contribution in [-0.4, -0.2) is 12.0 Å². The van der Waals surface area contributed by atoms with Gasteiger partial charge in [0.25, 0.3) is 0 Å². The molecule has 0 spiro atoms. The summed E-state index contributed by atoms with van der Waals surface area (Å²) < 4.78 is 1.09. The van der Waals surface area contributed by atoms with E-state index in [0.717, 1.165) is 23.0 Å². The maximum Gasteiger partial charge on any atom is 0.0714 e. The van der Waals surface area contributed by atoms with Gasteiger partial charge in [-0.15, -0.1) is 0 Å². The average Bonchev–Trinajstić information content (AvgIpc) is 2.16. The van der Waals surface area contributed by atoms with Crippen molar-refractivity contribution in [1.29, 1.82) is 0 Å². The van der Waals surface area contributed by atoms with E-state index < -0.39 is 0 Å². The van der Waals surface area contributed by atoms with Gasteiger partial charge in [0.1, 0.15) is 0 Å². The number of rotatable bonds is 4. The van der Waals surface area contributed by atoms with Crippen LogP contribution in [0.2, 0.25) is 0 Å². The minimum atomic E-state index is 0.362. The van der Waals surface area contributed by atoms with E-state index in [-0.39, 0.29) is 0 Å². The van der Waals surface area contributed by atoms with E-state index in [1.54, 1.807) is 0 Å². The molecule has 2 nitrogen and oxygen atoms in total. The Morgan fingerprint density at radius 3 is 2.92 bits per heavy atom. The summed E-state index contributed by atoms with van der Waals surface area (Å²) in [5.41, 5.74) is 1.10. The van der Waals surface area contributed by atoms with Crippen LogP contribution in [0.1, 0.15) is 31.5 Å². The Labute approximate surface area is 87.9 Å². The van der Waals surface area contributed by atoms with Crippen LogP contribution in [0.15, 0.2) is 22.8 Å². The van der Waals surface area contributed by atoms with Crippen LogP contribution in [0.5, 0.6) is 0 Å². The number of pyridine rings is 1. The number of hydrogen-bond acceptors (Lipinski definition) is 2. The highest BCUT2D eigenvalue weighted by molar-refractivity contribution is 9.10. The highest BCUT2D eigenvalue weighted by atomic mass is 79.9. The van der Waals surface area contributed by atoms with Gasteiger partial charge < -0.3 is 5.32 Å². The van der Waals surface area contributed by atoms with E-state index in [2.05, 4.69) is 33.2 Å². The van der Waals surface area contributed by atoms with Gasteiger partial charge in [0.05, 0.1) is 11.7 Å². The monoisotopic (exact) mass is 242 g/mol. The van der Waals surface area contributed by atoms with Crippen molar-refractivity contribution in [1.82, 2.24) is 10.3 Å². The zero-order chi connectivity index (χ0) is 9.68. The van der Waals surface area contributed by atoms with Gasteiger partial charge in [-0.1, -0.05) is 13.3 Å². The third-order valence-corrected chi connectivity index (χ3v) is 2.71. The second-order valence-electron chi connectivity index (χ2n) is 3.00. The number of halogens is 1. The maximum atomic E-state index is 4.36.